The molecule has 1 aliphatic rings. The van der Waals surface area contributed by atoms with Gasteiger partial charge < -0.3 is 0 Å². The molecule has 1 aromatic rings. The second kappa shape index (κ2) is 4.06. The van der Waals surface area contributed by atoms with E-state index in [1.54, 1.807) is 0 Å². The molecule has 15 heavy (non-hydrogen) atoms. The Balaban J connectivity index is 2.43. The van der Waals surface area contributed by atoms with Crippen molar-refractivity contribution in [2.45, 2.75) is 0 Å². The zero-order chi connectivity index (χ0) is 16.9. The molecule has 3 nitrogen and oxygen atoms in total. The number of benzene rings is 1. The molecule has 1 heterocycles. The Hall–Kier alpha value is -1.29. The van der Waals surface area contributed by atoms with E-state index in [-0.39, 0.29) is 27.8 Å². The summed E-state index contributed by atoms with van der Waals surface area (Å²) in [7, 11) is 0. The average molecular weight is 228 g/mol. The number of rotatable bonds is 3. The summed E-state index contributed by atoms with van der Waals surface area (Å²) in [6.07, 6.45) is -2.82. The fourth-order valence-electron chi connectivity index (χ4n) is 1.36. The molecule has 2 rings (SSSR count). The van der Waals surface area contributed by atoms with Crippen molar-refractivity contribution in [2.24, 2.45) is 0 Å². The van der Waals surface area contributed by atoms with Crippen molar-refractivity contribution in [3.63, 3.8) is 0 Å². The van der Waals surface area contributed by atoms with E-state index in [0.29, 0.717) is 0 Å². The molecule has 1 aromatic carbocycles. The van der Waals surface area contributed by atoms with Gasteiger partial charge in [-0.25, -0.2) is 0 Å². The first-order valence-corrected chi connectivity index (χ1v) is 4.88. The Morgan fingerprint density at radius 1 is 1.33 bits per heavy atom. The van der Waals surface area contributed by atoms with Crippen LogP contribution < -0.4 is 0 Å². The highest BCUT2D eigenvalue weighted by molar-refractivity contribution is 7.98. The summed E-state index contributed by atoms with van der Waals surface area (Å²) < 4.78 is 52.3. The normalized spacial score (nSPS) is 24.3. The van der Waals surface area contributed by atoms with Crippen molar-refractivity contribution in [1.29, 1.82) is 0 Å². The largest absolute Gasteiger partial charge is 0.274 e. The van der Waals surface area contributed by atoms with Gasteiger partial charge in [-0.05, 0) is 18.3 Å². The predicted molar refractivity (Wildman–Crippen MR) is 60.2 cm³/mol. The Labute approximate surface area is 102 Å². The highest BCUT2D eigenvalue weighted by atomic mass is 32.2. The SMILES string of the molecule is [2H]C([2H])([2H])SC([2H])([2H])C([2H])([2H])N1C(=O)c2ccccc2C1=O. The van der Waals surface area contributed by atoms with Crippen LogP contribution in [0.3, 0.4) is 0 Å². The smallest absolute Gasteiger partial charge is 0.261 e. The minimum absolute atomic E-state index is 0.0361. The summed E-state index contributed by atoms with van der Waals surface area (Å²) in [6.45, 7) is -3.13. The summed E-state index contributed by atoms with van der Waals surface area (Å²) in [5.41, 5.74) is -3.08. The van der Waals surface area contributed by atoms with Crippen LogP contribution in [0.4, 0.5) is 0 Å². The molecule has 0 aliphatic carbocycles. The van der Waals surface area contributed by atoms with Gasteiger partial charge in [0.2, 0.25) is 0 Å². The molecule has 78 valence electrons. The lowest BCUT2D eigenvalue weighted by atomic mass is 10.1. The maximum Gasteiger partial charge on any atom is 0.261 e. The van der Waals surface area contributed by atoms with E-state index in [2.05, 4.69) is 0 Å². The molecule has 0 aromatic heterocycles. The molecule has 2 amide bonds. The zero-order valence-electron chi connectivity index (χ0n) is 14.5. The lowest BCUT2D eigenvalue weighted by Gasteiger charge is -2.11. The Bertz CT molecular complexity index is 609. The summed E-state index contributed by atoms with van der Waals surface area (Å²) in [4.78, 5) is 24.6. The van der Waals surface area contributed by atoms with Gasteiger partial charge >= 0.3 is 0 Å². The standard InChI is InChI=1S/C11H11NO2S/c1-15-7-6-12-10(13)8-4-2-3-5-9(8)11(12)14/h2-5H,6-7H2,1H3/i1D3,6D2,7D2. The van der Waals surface area contributed by atoms with Crippen LogP contribution >= 0.6 is 11.8 Å². The van der Waals surface area contributed by atoms with Gasteiger partial charge in [-0.2, -0.15) is 11.8 Å². The van der Waals surface area contributed by atoms with Crippen LogP contribution in [0.1, 0.15) is 30.3 Å². The topological polar surface area (TPSA) is 37.4 Å². The van der Waals surface area contributed by atoms with E-state index in [1.807, 2.05) is 0 Å². The van der Waals surface area contributed by atoms with Gasteiger partial charge in [0.25, 0.3) is 11.8 Å². The first-order chi connectivity index (χ1) is 9.88. The van der Waals surface area contributed by atoms with Crippen LogP contribution in [0.2, 0.25) is 0 Å². The molecule has 0 bridgehead atoms. The van der Waals surface area contributed by atoms with E-state index < -0.39 is 30.2 Å². The van der Waals surface area contributed by atoms with Crippen LogP contribution in [0.15, 0.2) is 24.3 Å². The van der Waals surface area contributed by atoms with Crippen molar-refractivity contribution in [1.82, 2.24) is 4.90 Å². The van der Waals surface area contributed by atoms with Gasteiger partial charge in [0.05, 0.1) is 13.9 Å². The molecule has 0 atom stereocenters. The maximum absolute atomic E-state index is 12.2. The molecule has 0 saturated carbocycles. The Morgan fingerprint density at radius 3 is 2.47 bits per heavy atom. The van der Waals surface area contributed by atoms with Gasteiger partial charge in [0, 0.05) is 19.1 Å². The maximum atomic E-state index is 12.2. The highest BCUT2D eigenvalue weighted by Gasteiger charge is 2.34. The number of amides is 2. The van der Waals surface area contributed by atoms with Gasteiger partial charge in [0.15, 0.2) is 0 Å². The van der Waals surface area contributed by atoms with Crippen molar-refractivity contribution in [3.8, 4) is 0 Å². The number of hydrogen-bond acceptors (Lipinski definition) is 3. The fourth-order valence-corrected chi connectivity index (χ4v) is 1.50. The first-order valence-electron chi connectivity index (χ1n) is 7.56. The molecule has 0 saturated heterocycles. The molecule has 0 unspecified atom stereocenters. The third kappa shape index (κ3) is 1.65. The second-order valence-electron chi connectivity index (χ2n) is 2.81. The highest BCUT2D eigenvalue weighted by Crippen LogP contribution is 2.22. The Morgan fingerprint density at radius 2 is 1.93 bits per heavy atom. The second-order valence-corrected chi connectivity index (χ2v) is 3.22. The Kier molecular flexibility index (Phi) is 1.27. The molecule has 0 N–H and O–H groups in total. The van der Waals surface area contributed by atoms with Crippen molar-refractivity contribution in [2.75, 3.05) is 18.4 Å². The number of nitrogens with zero attached hydrogens (tertiary/aromatic N) is 1. The average Bonchev–Trinajstić information content (AvgIpc) is 2.60. The summed E-state index contributed by atoms with van der Waals surface area (Å²) >= 11 is -0.252. The van der Waals surface area contributed by atoms with E-state index in [0.717, 1.165) is 0 Å². The molecule has 0 fully saturated rings. The van der Waals surface area contributed by atoms with Crippen LogP contribution in [-0.4, -0.2) is 35.1 Å². The van der Waals surface area contributed by atoms with Crippen LogP contribution in [0, 0.1) is 0 Å². The van der Waals surface area contributed by atoms with Crippen molar-refractivity contribution >= 4 is 23.6 Å². The number of imide groups is 1. The molecule has 4 heteroatoms. The van der Waals surface area contributed by atoms with Crippen molar-refractivity contribution < 1.29 is 19.2 Å². The fraction of sp³-hybridized carbons (Fsp3) is 0.273. The molecule has 1 aliphatic heterocycles. The predicted octanol–water partition coefficient (Wildman–Crippen LogP) is 1.65. The number of carbonyl (C=O) groups excluding carboxylic acids is 2. The summed E-state index contributed by atoms with van der Waals surface area (Å²) in [6, 6.07) is 5.65. The van der Waals surface area contributed by atoms with Gasteiger partial charge in [-0.3, -0.25) is 14.5 Å². The van der Waals surface area contributed by atoms with Crippen LogP contribution in [0.5, 0.6) is 0 Å². The number of hydrogen-bond donors (Lipinski definition) is 0. The number of fused-ring (bicyclic) bond motifs is 1. The van der Waals surface area contributed by atoms with E-state index in [1.165, 1.54) is 24.3 Å². The third-order valence-corrected chi connectivity index (χ3v) is 2.20. The van der Waals surface area contributed by atoms with E-state index in [4.69, 9.17) is 9.60 Å². The quantitative estimate of drug-likeness (QED) is 0.738. The van der Waals surface area contributed by atoms with Gasteiger partial charge in [0.1, 0.15) is 0 Å². The number of carbonyl (C=O) groups is 2. The van der Waals surface area contributed by atoms with E-state index in [9.17, 15) is 9.59 Å². The number of thioether (sulfide) groups is 1. The van der Waals surface area contributed by atoms with Crippen LogP contribution in [-0.2, 0) is 0 Å². The molecular formula is C11H11NO2S. The lowest BCUT2D eigenvalue weighted by Crippen LogP contribution is -2.31. The molecule has 0 spiro atoms. The minimum atomic E-state index is -3.13. The minimum Gasteiger partial charge on any atom is -0.274 e. The summed E-state index contributed by atoms with van der Waals surface area (Å²) in [5.74, 6) is -1.97. The van der Waals surface area contributed by atoms with Crippen molar-refractivity contribution in [3.05, 3.63) is 35.4 Å². The first kappa shape index (κ1) is 4.70. The molecule has 0 radical (unpaired) electrons. The lowest BCUT2D eigenvalue weighted by molar-refractivity contribution is 0.0664. The summed E-state index contributed by atoms with van der Waals surface area (Å²) in [5, 5.41) is 0. The van der Waals surface area contributed by atoms with Crippen LogP contribution in [0.25, 0.3) is 0 Å². The van der Waals surface area contributed by atoms with Gasteiger partial charge in [-0.1, -0.05) is 12.1 Å². The monoisotopic (exact) mass is 228 g/mol. The zero-order valence-corrected chi connectivity index (χ0v) is 8.30. The molecular weight excluding hydrogens is 210 g/mol. The third-order valence-electron chi connectivity index (χ3n) is 2.00. The van der Waals surface area contributed by atoms with E-state index >= 15 is 0 Å². The van der Waals surface area contributed by atoms with Gasteiger partial charge in [-0.15, -0.1) is 0 Å².